The molecule has 12 rings (SSSR count). The predicted molar refractivity (Wildman–Crippen MR) is 300 cm³/mol. The maximum absolute atomic E-state index is 8.43. The highest BCUT2D eigenvalue weighted by Crippen LogP contribution is 2.41. The minimum atomic E-state index is -0.373. The predicted octanol–water partition coefficient (Wildman–Crippen LogP) is 18.6. The minimum Gasteiger partial charge on any atom is -0.335 e. The van der Waals surface area contributed by atoms with E-state index in [9.17, 15) is 0 Å². The Morgan fingerprint density at radius 1 is 0.290 bits per heavy atom. The number of rotatable bonds is 3. The molecule has 3 aromatic heterocycles. The average Bonchev–Trinajstić information content (AvgIpc) is 2.01. The second kappa shape index (κ2) is 17.8. The van der Waals surface area contributed by atoms with E-state index < -0.39 is 0 Å². The normalized spacial score (nSPS) is 15.2. The van der Waals surface area contributed by atoms with Crippen LogP contribution in [0.2, 0.25) is 0 Å². The summed E-state index contributed by atoms with van der Waals surface area (Å²) in [5.41, 5.74) is 8.27. The summed E-state index contributed by atoms with van der Waals surface area (Å²) in [6.07, 6.45) is 0. The summed E-state index contributed by atoms with van der Waals surface area (Å²) in [5, 5.41) is 6.41. The number of nitrogens with zero attached hydrogens (tertiary/aromatic N) is 3. The first-order valence-corrected chi connectivity index (χ1v) is 23.2. The van der Waals surface area contributed by atoms with Crippen LogP contribution in [0, 0.1) is 0 Å². The Morgan fingerprint density at radius 2 is 0.667 bits per heavy atom. The van der Waals surface area contributed by atoms with Crippen LogP contribution in [-0.2, 0) is 16.6 Å². The SMILES string of the molecule is [2H]c1c([2H])c([2H])c(-c2ccc3c(c2)c2ccccc2n3C(C)(C)C)c([2H])c1[2H].[2H]c1c([2H])c([2H])c(-c2ccc3c4ccccc4n(C(C)(C)C)c3c2)c([2H])c1[2H].[2H]c1c([2H])c([2H])c(-c2cccc3c4ccccc4n(C(C)(C)C)c23)c([2H])c1[2H]. The summed E-state index contributed by atoms with van der Waals surface area (Å²) < 4.78 is 128. The molecule has 0 aliphatic carbocycles. The fourth-order valence-electron chi connectivity index (χ4n) is 9.79. The molecule has 3 heterocycles. The average molecular weight is 913 g/mol. The van der Waals surface area contributed by atoms with E-state index in [1.807, 2.05) is 91.0 Å². The van der Waals surface area contributed by atoms with Crippen LogP contribution < -0.4 is 0 Å². The van der Waals surface area contributed by atoms with Gasteiger partial charge in [-0.05, 0) is 127 Å². The van der Waals surface area contributed by atoms with Crippen molar-refractivity contribution in [2.75, 3.05) is 0 Å². The third kappa shape index (κ3) is 8.52. The highest BCUT2D eigenvalue weighted by atomic mass is 15.1. The number of benzene rings is 9. The molecule has 0 saturated heterocycles. The van der Waals surface area contributed by atoms with Crippen LogP contribution in [0.5, 0.6) is 0 Å². The molecule has 0 aliphatic heterocycles. The van der Waals surface area contributed by atoms with E-state index in [1.165, 1.54) is 0 Å². The molecule has 0 aliphatic rings. The lowest BCUT2D eigenvalue weighted by Gasteiger charge is -2.25. The number of hydrogen-bond acceptors (Lipinski definition) is 0. The van der Waals surface area contributed by atoms with Crippen molar-refractivity contribution in [3.05, 3.63) is 218 Å². The molecule has 12 aromatic rings. The second-order valence-corrected chi connectivity index (χ2v) is 20.2. The monoisotopic (exact) mass is 913 g/mol. The molecule has 69 heavy (non-hydrogen) atoms. The minimum absolute atomic E-state index is 0.125. The Balaban J connectivity index is 0.000000140. The van der Waals surface area contributed by atoms with Gasteiger partial charge >= 0.3 is 0 Å². The summed E-state index contributed by atoms with van der Waals surface area (Å²) >= 11 is 0. The van der Waals surface area contributed by atoms with Gasteiger partial charge in [-0.2, -0.15) is 0 Å². The lowest BCUT2D eigenvalue weighted by molar-refractivity contribution is 0.423. The van der Waals surface area contributed by atoms with Gasteiger partial charge < -0.3 is 13.7 Å². The van der Waals surface area contributed by atoms with Gasteiger partial charge in [0.05, 0.1) is 31.6 Å². The van der Waals surface area contributed by atoms with Crippen molar-refractivity contribution >= 4 is 65.4 Å². The maximum atomic E-state index is 8.43. The molecule has 0 atom stereocenters. The van der Waals surface area contributed by atoms with E-state index >= 15 is 0 Å². The number of hydrogen-bond donors (Lipinski definition) is 0. The van der Waals surface area contributed by atoms with Crippen molar-refractivity contribution in [1.29, 1.82) is 0 Å². The lowest BCUT2D eigenvalue weighted by atomic mass is 10.0. The van der Waals surface area contributed by atoms with Gasteiger partial charge in [-0.25, -0.2) is 0 Å². The number of aromatic nitrogens is 3. The fraction of sp³-hybridized carbons (Fsp3) is 0.182. The van der Waals surface area contributed by atoms with Gasteiger partial charge in [-0.3, -0.25) is 0 Å². The smallest absolute Gasteiger partial charge is 0.0629 e. The molecule has 9 aromatic carbocycles. The fourth-order valence-corrected chi connectivity index (χ4v) is 9.79. The Labute approximate surface area is 429 Å². The molecule has 3 nitrogen and oxygen atoms in total. The van der Waals surface area contributed by atoms with Crippen LogP contribution in [0.15, 0.2) is 218 Å². The lowest BCUT2D eigenvalue weighted by Crippen LogP contribution is -2.21. The molecule has 0 saturated carbocycles. The molecule has 342 valence electrons. The van der Waals surface area contributed by atoms with Gasteiger partial charge in [0.1, 0.15) is 0 Å². The van der Waals surface area contributed by atoms with Crippen molar-refractivity contribution < 1.29 is 20.6 Å². The first-order valence-electron chi connectivity index (χ1n) is 30.7. The molecule has 0 unspecified atom stereocenters. The molecule has 0 radical (unpaired) electrons. The molecule has 0 fully saturated rings. The van der Waals surface area contributed by atoms with Gasteiger partial charge in [0, 0.05) is 76.6 Å². The van der Waals surface area contributed by atoms with Crippen LogP contribution in [0.4, 0.5) is 0 Å². The van der Waals surface area contributed by atoms with E-state index in [1.54, 1.807) is 0 Å². The van der Waals surface area contributed by atoms with Crippen molar-refractivity contribution in [2.24, 2.45) is 0 Å². The van der Waals surface area contributed by atoms with Gasteiger partial charge in [0.25, 0.3) is 0 Å². The Kier molecular flexibility index (Phi) is 7.92. The molecular weight excluding hydrogens is 835 g/mol. The third-order valence-corrected chi connectivity index (χ3v) is 12.4. The summed E-state index contributed by atoms with van der Waals surface area (Å²) in [6, 6.07) is 37.7. The molecule has 0 N–H and O–H groups in total. The van der Waals surface area contributed by atoms with Crippen molar-refractivity contribution in [3.8, 4) is 33.4 Å². The highest BCUT2D eigenvalue weighted by molar-refractivity contribution is 6.13. The summed E-state index contributed by atoms with van der Waals surface area (Å²) in [7, 11) is 0. The zero-order valence-electron chi connectivity index (χ0n) is 55.5. The first kappa shape index (κ1) is 30.7. The van der Waals surface area contributed by atoms with Gasteiger partial charge in [-0.1, -0.05) is 182 Å². The molecule has 0 amide bonds. The summed E-state index contributed by atoms with van der Waals surface area (Å²) in [5.74, 6) is 0. The largest absolute Gasteiger partial charge is 0.335 e. The van der Waals surface area contributed by atoms with E-state index in [0.29, 0.717) is 16.7 Å². The topological polar surface area (TPSA) is 14.8 Å². The third-order valence-electron chi connectivity index (χ3n) is 12.4. The van der Waals surface area contributed by atoms with Crippen LogP contribution in [0.3, 0.4) is 0 Å². The van der Waals surface area contributed by atoms with E-state index in [4.69, 9.17) is 20.6 Å². The molecule has 0 bridgehead atoms. The molecule has 0 spiro atoms. The van der Waals surface area contributed by atoms with E-state index in [0.717, 1.165) is 65.4 Å². The van der Waals surface area contributed by atoms with E-state index in [-0.39, 0.29) is 124 Å². The Morgan fingerprint density at radius 3 is 1.19 bits per heavy atom. The zero-order valence-corrected chi connectivity index (χ0v) is 40.5. The molecule has 3 heteroatoms. The van der Waals surface area contributed by atoms with Crippen LogP contribution in [0.1, 0.15) is 82.9 Å². The van der Waals surface area contributed by atoms with Crippen LogP contribution >= 0.6 is 0 Å². The summed E-state index contributed by atoms with van der Waals surface area (Å²) in [4.78, 5) is 0. The quantitative estimate of drug-likeness (QED) is 0.168. The first-order chi connectivity index (χ1) is 39.4. The highest BCUT2D eigenvalue weighted by Gasteiger charge is 2.24. The van der Waals surface area contributed by atoms with Crippen LogP contribution in [0.25, 0.3) is 98.8 Å². The Hall–Kier alpha value is -7.62. The van der Waals surface area contributed by atoms with Crippen LogP contribution in [-0.4, -0.2) is 13.7 Å². The van der Waals surface area contributed by atoms with Gasteiger partial charge in [0.15, 0.2) is 0 Å². The maximum Gasteiger partial charge on any atom is 0.0629 e. The van der Waals surface area contributed by atoms with Gasteiger partial charge in [-0.15, -0.1) is 0 Å². The van der Waals surface area contributed by atoms with E-state index in [2.05, 4.69) is 112 Å². The standard InChI is InChI=1S/3C22H21N/c1-22(2,3)23-20-15-8-7-12-18(20)19-14-9-13-17(21(19)23)16-10-5-4-6-11-16;1-22(2,3)23-20-12-8-7-11-18(20)19-15-17(13-14-21(19)23)16-9-5-4-6-10-16;1-22(2,3)23-20-12-8-7-11-18(20)19-14-13-17(15-21(19)23)16-9-5-4-6-10-16/h3*4-15H,1-3H3/i4D,5D,6D,10D,11D;2*4D,5D,6D,9D,10D. The van der Waals surface area contributed by atoms with Gasteiger partial charge in [0.2, 0.25) is 0 Å². The Bertz CT molecular complexity index is 4580. The number of para-hydroxylation sites is 4. The summed E-state index contributed by atoms with van der Waals surface area (Å²) in [6.45, 7) is 19.2. The van der Waals surface area contributed by atoms with Crippen molar-refractivity contribution in [3.63, 3.8) is 0 Å². The number of fused-ring (bicyclic) bond motifs is 9. The second-order valence-electron chi connectivity index (χ2n) is 20.2. The van der Waals surface area contributed by atoms with Crippen molar-refractivity contribution in [2.45, 2.75) is 78.9 Å². The molecular formula is C66H63N3. The van der Waals surface area contributed by atoms with Crippen molar-refractivity contribution in [1.82, 2.24) is 13.7 Å². The zero-order chi connectivity index (χ0) is 61.1.